The number of methoxy groups -OCH3 is 3. The van der Waals surface area contributed by atoms with Gasteiger partial charge in [-0.15, -0.1) is 0 Å². The first kappa shape index (κ1) is 26.7. The van der Waals surface area contributed by atoms with E-state index in [1.54, 1.807) is 54.6 Å². The van der Waals surface area contributed by atoms with E-state index >= 15 is 0 Å². The van der Waals surface area contributed by atoms with Crippen LogP contribution in [0.4, 0.5) is 0 Å². The summed E-state index contributed by atoms with van der Waals surface area (Å²) in [4.78, 5) is 34.4. The summed E-state index contributed by atoms with van der Waals surface area (Å²) in [5.74, 6) is -0.425. The van der Waals surface area contributed by atoms with Gasteiger partial charge in [-0.1, -0.05) is 30.4 Å². The molecule has 0 aliphatic carbocycles. The highest BCUT2D eigenvalue weighted by molar-refractivity contribution is 6.02. The van der Waals surface area contributed by atoms with Crippen LogP contribution in [0.5, 0.6) is 17.2 Å². The molecule has 0 fully saturated rings. The van der Waals surface area contributed by atoms with Gasteiger partial charge in [-0.25, -0.2) is 9.59 Å². The van der Waals surface area contributed by atoms with Crippen molar-refractivity contribution in [1.29, 1.82) is 0 Å². The molecule has 184 valence electrons. The summed E-state index contributed by atoms with van der Waals surface area (Å²) in [6.07, 6.45) is 6.92. The van der Waals surface area contributed by atoms with Crippen molar-refractivity contribution in [2.75, 3.05) is 34.5 Å². The minimum Gasteiger partial charge on any atom is -0.508 e. The van der Waals surface area contributed by atoms with Crippen molar-refractivity contribution in [1.82, 2.24) is 0 Å². The maximum atomic E-state index is 12.1. The van der Waals surface area contributed by atoms with Gasteiger partial charge in [-0.05, 0) is 47.5 Å². The van der Waals surface area contributed by atoms with Crippen LogP contribution in [-0.2, 0) is 23.9 Å². The number of carbonyl (C=O) groups excluding carboxylic acids is 3. The van der Waals surface area contributed by atoms with E-state index < -0.39 is 17.7 Å². The lowest BCUT2D eigenvalue weighted by atomic mass is 10.1. The average Bonchev–Trinajstić information content (AvgIpc) is 2.88. The normalized spacial score (nSPS) is 11.3. The van der Waals surface area contributed by atoms with Crippen LogP contribution in [-0.4, -0.2) is 57.4 Å². The van der Waals surface area contributed by atoms with Crippen molar-refractivity contribution < 1.29 is 43.2 Å². The number of aliphatic hydroxyl groups excluding tert-OH is 1. The summed E-state index contributed by atoms with van der Waals surface area (Å²) >= 11 is 0. The van der Waals surface area contributed by atoms with Gasteiger partial charge in [0.25, 0.3) is 0 Å². The molecule has 0 bridgehead atoms. The molecule has 0 saturated carbocycles. The molecule has 0 aliphatic heterocycles. The molecule has 0 aliphatic rings. The zero-order chi connectivity index (χ0) is 25.6. The fourth-order valence-electron chi connectivity index (χ4n) is 2.58. The highest BCUT2D eigenvalue weighted by atomic mass is 16.6. The molecule has 2 aromatic rings. The van der Waals surface area contributed by atoms with Gasteiger partial charge >= 0.3 is 11.9 Å². The number of hydrogen-bond acceptors (Lipinski definition) is 9. The first-order valence-corrected chi connectivity index (χ1v) is 10.3. The Morgan fingerprint density at radius 3 is 2.00 bits per heavy atom. The van der Waals surface area contributed by atoms with E-state index in [0.29, 0.717) is 22.8 Å². The van der Waals surface area contributed by atoms with Gasteiger partial charge in [-0.2, -0.15) is 0 Å². The molecular formula is C26H26O9. The highest BCUT2D eigenvalue weighted by Gasteiger charge is 2.08. The Morgan fingerprint density at radius 2 is 1.37 bits per heavy atom. The third-order valence-electron chi connectivity index (χ3n) is 4.40. The third kappa shape index (κ3) is 9.47. The molecule has 35 heavy (non-hydrogen) atoms. The molecule has 0 radical (unpaired) electrons. The molecule has 0 atom stereocenters. The van der Waals surface area contributed by atoms with Crippen LogP contribution in [0.1, 0.15) is 11.1 Å². The van der Waals surface area contributed by atoms with Gasteiger partial charge < -0.3 is 28.8 Å². The van der Waals surface area contributed by atoms with Crippen molar-refractivity contribution in [3.63, 3.8) is 0 Å². The zero-order valence-corrected chi connectivity index (χ0v) is 19.6. The molecule has 0 aromatic heterocycles. The van der Waals surface area contributed by atoms with E-state index in [1.807, 2.05) is 0 Å². The number of benzene rings is 2. The Balaban J connectivity index is 1.95. The second kappa shape index (κ2) is 13.9. The molecule has 0 heterocycles. The lowest BCUT2D eigenvalue weighted by Gasteiger charge is -2.10. The molecule has 1 N–H and O–H groups in total. The number of carbonyl (C=O) groups is 3. The first-order valence-electron chi connectivity index (χ1n) is 10.3. The van der Waals surface area contributed by atoms with Crippen LogP contribution in [0, 0.1) is 0 Å². The van der Waals surface area contributed by atoms with Crippen LogP contribution in [0.25, 0.3) is 12.2 Å². The first-order chi connectivity index (χ1) is 16.8. The second-order valence-corrected chi connectivity index (χ2v) is 6.85. The predicted octanol–water partition coefficient (Wildman–Crippen LogP) is 3.54. The standard InChI is InChI=1S/C26H26O9/c1-31-24-14-19(8-13-23(24)35-17-26(30)33-3)5-10-21(28)15-20(27)9-4-18-6-11-22(12-7-18)34-16-25(29)32-2/h4-15,28H,16-17H2,1-3H3/b9-4+,10-5+,21-15-. The van der Waals surface area contributed by atoms with Crippen molar-refractivity contribution in [3.8, 4) is 17.2 Å². The number of esters is 2. The Labute approximate surface area is 202 Å². The maximum absolute atomic E-state index is 12.1. The Kier molecular flexibility index (Phi) is 10.6. The van der Waals surface area contributed by atoms with Gasteiger partial charge in [0.2, 0.25) is 0 Å². The number of rotatable bonds is 12. The van der Waals surface area contributed by atoms with Crippen LogP contribution >= 0.6 is 0 Å². The predicted molar refractivity (Wildman–Crippen MR) is 128 cm³/mol. The van der Waals surface area contributed by atoms with Crippen LogP contribution in [0.15, 0.2) is 66.5 Å². The van der Waals surface area contributed by atoms with Crippen molar-refractivity contribution >= 4 is 29.9 Å². The minimum absolute atomic E-state index is 0.193. The van der Waals surface area contributed by atoms with Crippen LogP contribution in [0.3, 0.4) is 0 Å². The smallest absolute Gasteiger partial charge is 0.343 e. The zero-order valence-electron chi connectivity index (χ0n) is 19.6. The number of hydrogen-bond donors (Lipinski definition) is 1. The molecule has 9 heteroatoms. The number of allylic oxidation sites excluding steroid dienone is 3. The fourth-order valence-corrected chi connectivity index (χ4v) is 2.58. The Morgan fingerprint density at radius 1 is 0.771 bits per heavy atom. The molecule has 2 aromatic carbocycles. The molecule has 9 nitrogen and oxygen atoms in total. The largest absolute Gasteiger partial charge is 0.508 e. The van der Waals surface area contributed by atoms with Crippen LogP contribution < -0.4 is 14.2 Å². The monoisotopic (exact) mass is 482 g/mol. The highest BCUT2D eigenvalue weighted by Crippen LogP contribution is 2.28. The summed E-state index contributed by atoms with van der Waals surface area (Å²) in [6.45, 7) is -0.448. The van der Waals surface area contributed by atoms with Crippen molar-refractivity contribution in [3.05, 3.63) is 77.6 Å². The average molecular weight is 482 g/mol. The van der Waals surface area contributed by atoms with Crippen LogP contribution in [0.2, 0.25) is 0 Å². The minimum atomic E-state index is -0.522. The van der Waals surface area contributed by atoms with Crippen molar-refractivity contribution in [2.45, 2.75) is 0 Å². The fraction of sp³-hybridized carbons (Fsp3) is 0.192. The van der Waals surface area contributed by atoms with E-state index in [-0.39, 0.29) is 19.0 Å². The Hall–Kier alpha value is -4.53. The van der Waals surface area contributed by atoms with E-state index in [9.17, 15) is 19.5 Å². The summed E-state index contributed by atoms with van der Waals surface area (Å²) in [7, 11) is 4.00. The van der Waals surface area contributed by atoms with E-state index in [1.165, 1.54) is 33.5 Å². The van der Waals surface area contributed by atoms with E-state index in [2.05, 4.69) is 9.47 Å². The topological polar surface area (TPSA) is 118 Å². The molecule has 0 unspecified atom stereocenters. The van der Waals surface area contributed by atoms with Gasteiger partial charge in [0.15, 0.2) is 30.5 Å². The third-order valence-corrected chi connectivity index (χ3v) is 4.40. The summed E-state index contributed by atoms with van der Waals surface area (Å²) in [6, 6.07) is 11.7. The SMILES string of the molecule is COC(=O)COc1ccc(/C=C/C(=O)/C=C(O)/C=C/c2ccc(OCC(=O)OC)c(OC)c2)cc1. The molecule has 0 spiro atoms. The lowest BCUT2D eigenvalue weighted by Crippen LogP contribution is -2.12. The second-order valence-electron chi connectivity index (χ2n) is 6.85. The van der Waals surface area contributed by atoms with E-state index in [0.717, 1.165) is 11.6 Å². The number of ketones is 1. The molecule has 0 saturated heterocycles. The van der Waals surface area contributed by atoms with Gasteiger partial charge in [0.05, 0.1) is 21.3 Å². The van der Waals surface area contributed by atoms with Gasteiger partial charge in [-0.3, -0.25) is 4.79 Å². The summed E-state index contributed by atoms with van der Waals surface area (Å²) < 4.78 is 24.9. The van der Waals surface area contributed by atoms with Gasteiger partial charge in [0, 0.05) is 6.08 Å². The number of ether oxygens (including phenoxy) is 5. The summed E-state index contributed by atoms with van der Waals surface area (Å²) in [5, 5.41) is 10.1. The van der Waals surface area contributed by atoms with E-state index in [4.69, 9.17) is 14.2 Å². The van der Waals surface area contributed by atoms with Gasteiger partial charge in [0.1, 0.15) is 11.5 Å². The number of aliphatic hydroxyl groups is 1. The quantitative estimate of drug-likeness (QED) is 0.210. The maximum Gasteiger partial charge on any atom is 0.343 e. The summed E-state index contributed by atoms with van der Waals surface area (Å²) in [5.41, 5.74) is 1.40. The molecule has 0 amide bonds. The Bertz CT molecular complexity index is 1110. The molecular weight excluding hydrogens is 456 g/mol. The molecule has 2 rings (SSSR count). The lowest BCUT2D eigenvalue weighted by molar-refractivity contribution is -0.143. The van der Waals surface area contributed by atoms with Crippen molar-refractivity contribution in [2.24, 2.45) is 0 Å².